The summed E-state index contributed by atoms with van der Waals surface area (Å²) in [4.78, 5) is 48.7. The van der Waals surface area contributed by atoms with Crippen LogP contribution in [0.25, 0.3) is 0 Å². The molecular weight excluding hydrogens is 601 g/mol. The number of carbonyl (C=O) groups excluding carboxylic acids is 2. The maximum Gasteiger partial charge on any atom is 0.524 e. The number of nitrogens with zero attached hydrogens (tertiary/aromatic N) is 1. The molecule has 2 aliphatic rings. The van der Waals surface area contributed by atoms with Gasteiger partial charge in [-0.15, -0.1) is 11.8 Å². The Bertz CT molecular complexity index is 1330. The van der Waals surface area contributed by atoms with E-state index >= 15 is 0 Å². The lowest BCUT2D eigenvalue weighted by molar-refractivity contribution is -0.132. The minimum atomic E-state index is -4.82. The van der Waals surface area contributed by atoms with Gasteiger partial charge in [-0.1, -0.05) is 43.5 Å². The van der Waals surface area contributed by atoms with Crippen LogP contribution < -0.4 is 15.2 Å². The van der Waals surface area contributed by atoms with Gasteiger partial charge in [-0.3, -0.25) is 24.3 Å². The van der Waals surface area contributed by atoms with Gasteiger partial charge in [-0.05, 0) is 76.6 Å². The molecule has 0 aromatic heterocycles. The molecule has 2 fully saturated rings. The van der Waals surface area contributed by atoms with Crippen molar-refractivity contribution in [1.82, 2.24) is 15.5 Å². The number of carbonyl (C=O) groups is 2. The molecule has 10 nitrogen and oxygen atoms in total. The molecule has 1 heterocycles. The Hall–Kier alpha value is -2.40. The summed E-state index contributed by atoms with van der Waals surface area (Å²) >= 11 is 1.50. The molecule has 2 aromatic carbocycles. The first-order valence-corrected chi connectivity index (χ1v) is 17.8. The largest absolute Gasteiger partial charge is 0.524 e. The van der Waals surface area contributed by atoms with Crippen molar-refractivity contribution in [3.63, 3.8) is 0 Å². The third-order valence-electron chi connectivity index (χ3n) is 8.42. The Kier molecular flexibility index (Phi) is 11.6. The zero-order chi connectivity index (χ0) is 32.1. The molecule has 4 rings (SSSR count). The van der Waals surface area contributed by atoms with Crippen LogP contribution >= 0.6 is 19.6 Å². The lowest BCUT2D eigenvalue weighted by atomic mass is 9.72. The van der Waals surface area contributed by atoms with Crippen molar-refractivity contribution in [2.45, 2.75) is 88.4 Å². The Labute approximate surface area is 264 Å². The number of phosphoric ester groups is 1. The normalized spacial score (nSPS) is 22.4. The second-order valence-electron chi connectivity index (χ2n) is 13.0. The highest BCUT2D eigenvalue weighted by Crippen LogP contribution is 2.40. The van der Waals surface area contributed by atoms with Crippen LogP contribution in [0.15, 0.2) is 53.4 Å². The van der Waals surface area contributed by atoms with E-state index in [0.717, 1.165) is 30.7 Å². The third kappa shape index (κ3) is 9.80. The molecule has 0 spiro atoms. The summed E-state index contributed by atoms with van der Waals surface area (Å²) in [6.07, 6.45) is 4.35. The number of fused-ring (bicyclic) bond motifs is 1. The van der Waals surface area contributed by atoms with E-state index < -0.39 is 25.9 Å². The Morgan fingerprint density at radius 2 is 1.75 bits per heavy atom. The van der Waals surface area contributed by atoms with Crippen LogP contribution in [0.3, 0.4) is 0 Å². The van der Waals surface area contributed by atoms with Crippen LogP contribution in [-0.2, 0) is 9.36 Å². The second kappa shape index (κ2) is 14.8. The molecule has 4 unspecified atom stereocenters. The van der Waals surface area contributed by atoms with E-state index in [1.165, 1.54) is 36.7 Å². The number of aliphatic hydroxyl groups is 1. The first-order valence-electron chi connectivity index (χ1n) is 15.3. The molecule has 12 heteroatoms. The lowest BCUT2D eigenvalue weighted by Crippen LogP contribution is -2.60. The first kappa shape index (κ1) is 34.5. The van der Waals surface area contributed by atoms with Crippen LogP contribution in [0.1, 0.15) is 68.8 Å². The van der Waals surface area contributed by atoms with Gasteiger partial charge < -0.3 is 20.3 Å². The van der Waals surface area contributed by atoms with Crippen LogP contribution in [0.5, 0.6) is 5.75 Å². The molecule has 2 aromatic rings. The van der Waals surface area contributed by atoms with Crippen LogP contribution in [0, 0.1) is 18.8 Å². The van der Waals surface area contributed by atoms with E-state index in [0.29, 0.717) is 17.6 Å². The smallest absolute Gasteiger partial charge is 0.404 e. The Morgan fingerprint density at radius 3 is 2.41 bits per heavy atom. The number of β-amino-alcohol motifs (C(OH)–C–C–N with tert-alkyl or cyclic N) is 1. The molecule has 44 heavy (non-hydrogen) atoms. The minimum absolute atomic E-state index is 0.0366. The summed E-state index contributed by atoms with van der Waals surface area (Å²) in [6, 6.07) is 13.1. The van der Waals surface area contributed by atoms with Crippen molar-refractivity contribution >= 4 is 31.4 Å². The topological polar surface area (TPSA) is 148 Å². The van der Waals surface area contributed by atoms with Gasteiger partial charge in [0.1, 0.15) is 5.75 Å². The standard InChI is InChI=1S/C32H46N3O7PS/c1-21-25(15-10-16-29(21)42-43(39,40)41)30(37)33-26(20-44-24-13-6-5-7-14-24)28(36)19-35-18-23-12-9-8-11-22(23)17-27(35)31(38)34-32(2,3)4/h5-7,10,13-16,22-23,26-28,36H,8-9,11-12,17-20H2,1-4H3,(H,33,37)(H,34,38)(H2,39,40,41)/t22?,23?,26?,27-,28?/m0/s1. The fourth-order valence-electron chi connectivity index (χ4n) is 6.28. The van der Waals surface area contributed by atoms with Crippen molar-refractivity contribution in [3.05, 3.63) is 59.7 Å². The predicted molar refractivity (Wildman–Crippen MR) is 172 cm³/mol. The Balaban J connectivity index is 1.56. The summed E-state index contributed by atoms with van der Waals surface area (Å²) in [5.41, 5.74) is 0.0719. The van der Waals surface area contributed by atoms with Crippen LogP contribution in [-0.4, -0.2) is 74.2 Å². The SMILES string of the molecule is Cc1c(OP(=O)(O)O)cccc1C(=O)NC(CSc1ccccc1)C(O)CN1CC2CCCCC2C[C@H]1C(=O)NC(C)(C)C. The summed E-state index contributed by atoms with van der Waals surface area (Å²) in [6.45, 7) is 8.38. The van der Waals surface area contributed by atoms with Gasteiger partial charge in [0.15, 0.2) is 0 Å². The molecule has 0 radical (unpaired) electrons. The van der Waals surface area contributed by atoms with Crippen molar-refractivity contribution in [1.29, 1.82) is 0 Å². The fourth-order valence-corrected chi connectivity index (χ4v) is 7.76. The number of nitrogens with one attached hydrogen (secondary N) is 2. The van der Waals surface area contributed by atoms with E-state index in [1.54, 1.807) is 13.0 Å². The zero-order valence-electron chi connectivity index (χ0n) is 25.9. The van der Waals surface area contributed by atoms with Crippen molar-refractivity contribution in [3.8, 4) is 5.75 Å². The van der Waals surface area contributed by atoms with Gasteiger partial charge in [-0.2, -0.15) is 0 Å². The summed E-state index contributed by atoms with van der Waals surface area (Å²) in [7, 11) is -4.82. The molecule has 242 valence electrons. The van der Waals surface area contributed by atoms with Gasteiger partial charge in [0.05, 0.1) is 18.2 Å². The third-order valence-corrected chi connectivity index (χ3v) is 9.99. The number of thioether (sulfide) groups is 1. The molecule has 5 N–H and O–H groups in total. The summed E-state index contributed by atoms with van der Waals surface area (Å²) in [5.74, 6) is 0.705. The average Bonchev–Trinajstić information content (AvgIpc) is 2.94. The van der Waals surface area contributed by atoms with E-state index in [4.69, 9.17) is 4.52 Å². The fraction of sp³-hybridized carbons (Fsp3) is 0.562. The van der Waals surface area contributed by atoms with Gasteiger partial charge in [0, 0.05) is 40.4 Å². The van der Waals surface area contributed by atoms with Gasteiger partial charge in [0.25, 0.3) is 5.91 Å². The maximum atomic E-state index is 13.6. The number of rotatable bonds is 11. The number of benzene rings is 2. The number of likely N-dealkylation sites (tertiary alicyclic amines) is 1. The molecular formula is C32H46N3O7PS. The molecule has 2 amide bonds. The van der Waals surface area contributed by atoms with Crippen molar-refractivity contribution < 1.29 is 33.6 Å². The van der Waals surface area contributed by atoms with Crippen LogP contribution in [0.2, 0.25) is 0 Å². The number of phosphoric acid groups is 1. The van der Waals surface area contributed by atoms with Gasteiger partial charge in [-0.25, -0.2) is 4.57 Å². The van der Waals surface area contributed by atoms with E-state index in [2.05, 4.69) is 15.5 Å². The molecule has 1 saturated carbocycles. The molecule has 1 saturated heterocycles. The quantitative estimate of drug-likeness (QED) is 0.175. The predicted octanol–water partition coefficient (Wildman–Crippen LogP) is 4.51. The zero-order valence-corrected chi connectivity index (χ0v) is 27.7. The highest BCUT2D eigenvalue weighted by atomic mass is 32.2. The highest BCUT2D eigenvalue weighted by Gasteiger charge is 2.42. The lowest BCUT2D eigenvalue weighted by Gasteiger charge is -2.47. The summed E-state index contributed by atoms with van der Waals surface area (Å²) < 4.78 is 16.2. The molecule has 1 aliphatic heterocycles. The number of aliphatic hydroxyl groups excluding tert-OH is 1. The van der Waals surface area contributed by atoms with Crippen molar-refractivity contribution in [2.24, 2.45) is 11.8 Å². The maximum absolute atomic E-state index is 13.6. The molecule has 0 bridgehead atoms. The minimum Gasteiger partial charge on any atom is -0.404 e. The van der Waals surface area contributed by atoms with E-state index in [1.807, 2.05) is 51.1 Å². The summed E-state index contributed by atoms with van der Waals surface area (Å²) in [5, 5.41) is 17.8. The van der Waals surface area contributed by atoms with Crippen molar-refractivity contribution in [2.75, 3.05) is 18.8 Å². The van der Waals surface area contributed by atoms with E-state index in [-0.39, 0.29) is 40.9 Å². The molecule has 1 aliphatic carbocycles. The number of piperidine rings is 1. The van der Waals surface area contributed by atoms with Gasteiger partial charge in [0.2, 0.25) is 5.91 Å². The number of hydrogen-bond acceptors (Lipinski definition) is 7. The molecule has 5 atom stereocenters. The van der Waals surface area contributed by atoms with E-state index in [9.17, 15) is 29.0 Å². The average molecular weight is 648 g/mol. The second-order valence-corrected chi connectivity index (χ2v) is 15.3. The monoisotopic (exact) mass is 647 g/mol. The van der Waals surface area contributed by atoms with Gasteiger partial charge >= 0.3 is 7.82 Å². The first-order chi connectivity index (χ1) is 20.7. The Morgan fingerprint density at radius 1 is 1.07 bits per heavy atom. The highest BCUT2D eigenvalue weighted by molar-refractivity contribution is 7.99. The number of amides is 2. The van der Waals surface area contributed by atoms with Crippen LogP contribution in [0.4, 0.5) is 0 Å². The number of hydrogen-bond donors (Lipinski definition) is 5.